The van der Waals surface area contributed by atoms with Crippen molar-refractivity contribution in [3.63, 3.8) is 0 Å². The van der Waals surface area contributed by atoms with Crippen LogP contribution < -0.4 is 27.4 Å². The molecule has 13 nitrogen and oxygen atoms in total. The number of hydrogen-bond acceptors (Lipinski definition) is 8. The van der Waals surface area contributed by atoms with Crippen LogP contribution >= 0.6 is 0 Å². The Labute approximate surface area is 173 Å². The Kier molecular flexibility index (Phi) is 11.5. The second-order valence-electron chi connectivity index (χ2n) is 7.27. The van der Waals surface area contributed by atoms with Crippen LogP contribution in [-0.4, -0.2) is 81.8 Å². The Hall–Kier alpha value is -2.77. The fourth-order valence-corrected chi connectivity index (χ4v) is 2.33. The van der Waals surface area contributed by atoms with E-state index in [0.29, 0.717) is 0 Å². The Bertz CT molecular complexity index is 640. The number of nitrogens with one attached hydrogen (secondary N) is 3. The average Bonchev–Trinajstić information content (AvgIpc) is 2.62. The van der Waals surface area contributed by atoms with E-state index in [1.165, 1.54) is 6.92 Å². The van der Waals surface area contributed by atoms with Gasteiger partial charge in [-0.2, -0.15) is 0 Å². The van der Waals surface area contributed by atoms with Gasteiger partial charge < -0.3 is 42.7 Å². The number of amides is 4. The second-order valence-corrected chi connectivity index (χ2v) is 7.27. The fourth-order valence-electron chi connectivity index (χ4n) is 2.33. The third-order valence-electron chi connectivity index (χ3n) is 4.00. The molecule has 0 heterocycles. The van der Waals surface area contributed by atoms with Crippen LogP contribution in [0, 0.1) is 5.92 Å². The highest BCUT2D eigenvalue weighted by Gasteiger charge is 2.31. The number of hydrogen-bond donors (Lipinski definition) is 8. The van der Waals surface area contributed by atoms with E-state index in [0.717, 1.165) is 0 Å². The lowest BCUT2D eigenvalue weighted by atomic mass is 10.0. The summed E-state index contributed by atoms with van der Waals surface area (Å²) in [6.45, 7) is 3.87. The largest absolute Gasteiger partial charge is 0.480 e. The summed E-state index contributed by atoms with van der Waals surface area (Å²) in [6, 6.07) is -5.72. The Morgan fingerprint density at radius 3 is 1.73 bits per heavy atom. The van der Waals surface area contributed by atoms with Crippen LogP contribution in [0.3, 0.4) is 0 Å². The Balaban J connectivity index is 5.27. The first-order valence-corrected chi connectivity index (χ1v) is 9.26. The lowest BCUT2D eigenvalue weighted by Gasteiger charge is -2.24. The van der Waals surface area contributed by atoms with Gasteiger partial charge in [0.25, 0.3) is 0 Å². The SMILES string of the molecule is CC(C)CC(NC(=O)C(CO)NC(=O)C(CC(N)=O)NC(=O)C(N)C(C)O)C(=O)O. The molecule has 0 aliphatic rings. The molecule has 0 aliphatic heterocycles. The maximum absolute atomic E-state index is 12.4. The third-order valence-corrected chi connectivity index (χ3v) is 4.00. The number of primary amides is 1. The molecule has 0 radical (unpaired) electrons. The predicted molar refractivity (Wildman–Crippen MR) is 103 cm³/mol. The molecule has 0 aromatic heterocycles. The van der Waals surface area contributed by atoms with Crippen molar-refractivity contribution in [3.8, 4) is 0 Å². The van der Waals surface area contributed by atoms with Crippen LogP contribution in [0.15, 0.2) is 0 Å². The molecule has 4 amide bonds. The van der Waals surface area contributed by atoms with Crippen LogP contribution in [0.1, 0.15) is 33.6 Å². The van der Waals surface area contributed by atoms with Gasteiger partial charge in [-0.15, -0.1) is 0 Å². The minimum absolute atomic E-state index is 0.0538. The highest BCUT2D eigenvalue weighted by Crippen LogP contribution is 2.05. The lowest BCUT2D eigenvalue weighted by Crippen LogP contribution is -2.59. The molecule has 0 fully saturated rings. The zero-order valence-corrected chi connectivity index (χ0v) is 17.1. The van der Waals surface area contributed by atoms with Crippen molar-refractivity contribution in [2.45, 2.75) is 63.9 Å². The first-order chi connectivity index (χ1) is 13.8. The van der Waals surface area contributed by atoms with Gasteiger partial charge in [0.15, 0.2) is 0 Å². The minimum atomic E-state index is -1.55. The maximum atomic E-state index is 12.4. The van der Waals surface area contributed by atoms with Gasteiger partial charge in [0.2, 0.25) is 23.6 Å². The first kappa shape index (κ1) is 27.2. The monoisotopic (exact) mass is 433 g/mol. The van der Waals surface area contributed by atoms with Crippen LogP contribution in [0.5, 0.6) is 0 Å². The van der Waals surface area contributed by atoms with E-state index in [1.54, 1.807) is 13.8 Å². The molecule has 172 valence electrons. The van der Waals surface area contributed by atoms with E-state index >= 15 is 0 Å². The Morgan fingerprint density at radius 1 is 0.867 bits per heavy atom. The summed E-state index contributed by atoms with van der Waals surface area (Å²) in [7, 11) is 0. The number of nitrogens with two attached hydrogens (primary N) is 2. The highest BCUT2D eigenvalue weighted by atomic mass is 16.4. The number of carbonyl (C=O) groups excluding carboxylic acids is 4. The molecule has 10 N–H and O–H groups in total. The molecule has 30 heavy (non-hydrogen) atoms. The summed E-state index contributed by atoms with van der Waals surface area (Å²) < 4.78 is 0. The van der Waals surface area contributed by atoms with E-state index in [9.17, 15) is 39.3 Å². The van der Waals surface area contributed by atoms with Crippen molar-refractivity contribution < 1.29 is 39.3 Å². The smallest absolute Gasteiger partial charge is 0.326 e. The van der Waals surface area contributed by atoms with E-state index < -0.39 is 72.9 Å². The fraction of sp³-hybridized carbons (Fsp3) is 0.706. The molecular formula is C17H31N5O8. The highest BCUT2D eigenvalue weighted by molar-refractivity contribution is 5.96. The maximum Gasteiger partial charge on any atom is 0.326 e. The molecule has 0 spiro atoms. The van der Waals surface area contributed by atoms with Crippen LogP contribution in [-0.2, 0) is 24.0 Å². The summed E-state index contributed by atoms with van der Waals surface area (Å²) in [6.07, 6.45) is -1.77. The van der Waals surface area contributed by atoms with Crippen molar-refractivity contribution in [1.29, 1.82) is 0 Å². The molecular weight excluding hydrogens is 402 g/mol. The van der Waals surface area contributed by atoms with E-state index in [-0.39, 0.29) is 12.3 Å². The number of carboxylic acids is 1. The van der Waals surface area contributed by atoms with Gasteiger partial charge >= 0.3 is 5.97 Å². The van der Waals surface area contributed by atoms with Crippen molar-refractivity contribution >= 4 is 29.6 Å². The molecule has 5 atom stereocenters. The van der Waals surface area contributed by atoms with Gasteiger partial charge in [-0.05, 0) is 19.3 Å². The zero-order chi connectivity index (χ0) is 23.6. The van der Waals surface area contributed by atoms with Gasteiger partial charge in [0.05, 0.1) is 19.1 Å². The normalized spacial score (nSPS) is 16.0. The molecule has 0 saturated carbocycles. The van der Waals surface area contributed by atoms with E-state index in [4.69, 9.17) is 11.5 Å². The zero-order valence-electron chi connectivity index (χ0n) is 17.1. The van der Waals surface area contributed by atoms with Crippen molar-refractivity contribution in [2.24, 2.45) is 17.4 Å². The molecule has 0 bridgehead atoms. The summed E-state index contributed by atoms with van der Waals surface area (Å²) in [5.74, 6) is -5.24. The van der Waals surface area contributed by atoms with Gasteiger partial charge in [0, 0.05) is 0 Å². The number of carboxylic acid groups (broad SMARTS) is 1. The summed E-state index contributed by atoms with van der Waals surface area (Å²) in [5, 5.41) is 34.5. The van der Waals surface area contributed by atoms with Crippen LogP contribution in [0.2, 0.25) is 0 Å². The predicted octanol–water partition coefficient (Wildman–Crippen LogP) is -3.85. The third kappa shape index (κ3) is 9.62. The molecule has 13 heteroatoms. The van der Waals surface area contributed by atoms with Crippen molar-refractivity contribution in [3.05, 3.63) is 0 Å². The number of aliphatic hydroxyl groups is 2. The number of carbonyl (C=O) groups is 5. The molecule has 0 saturated heterocycles. The van der Waals surface area contributed by atoms with E-state index in [1.807, 2.05) is 0 Å². The molecule has 0 rings (SSSR count). The van der Waals surface area contributed by atoms with Crippen molar-refractivity contribution in [1.82, 2.24) is 16.0 Å². The molecule has 0 aliphatic carbocycles. The Morgan fingerprint density at radius 2 is 1.33 bits per heavy atom. The van der Waals surface area contributed by atoms with E-state index in [2.05, 4.69) is 16.0 Å². The van der Waals surface area contributed by atoms with Gasteiger partial charge in [-0.3, -0.25) is 19.2 Å². The number of aliphatic hydroxyl groups excluding tert-OH is 2. The molecule has 0 aromatic rings. The quantitative estimate of drug-likeness (QED) is 0.142. The molecule has 5 unspecified atom stereocenters. The van der Waals surface area contributed by atoms with Crippen molar-refractivity contribution in [2.75, 3.05) is 6.61 Å². The average molecular weight is 433 g/mol. The standard InChI is InChI=1S/C17H31N5O8/c1-7(2)4-10(17(29)30)21-15(27)11(6-23)22-14(26)9(5-12(18)25)20-16(28)13(19)8(3)24/h7-11,13,23-24H,4-6,19H2,1-3H3,(H2,18,25)(H,20,28)(H,21,27)(H,22,26)(H,29,30). The van der Waals surface area contributed by atoms with Crippen LogP contribution in [0.4, 0.5) is 0 Å². The summed E-state index contributed by atoms with van der Waals surface area (Å²) >= 11 is 0. The number of rotatable bonds is 13. The van der Waals surface area contributed by atoms with Gasteiger partial charge in [-0.25, -0.2) is 4.79 Å². The second kappa shape index (κ2) is 12.7. The van der Waals surface area contributed by atoms with Gasteiger partial charge in [0.1, 0.15) is 24.2 Å². The first-order valence-electron chi connectivity index (χ1n) is 9.26. The molecule has 0 aromatic carbocycles. The summed E-state index contributed by atoms with van der Waals surface area (Å²) in [4.78, 5) is 59.2. The number of aliphatic carboxylic acids is 1. The lowest BCUT2D eigenvalue weighted by molar-refractivity contribution is -0.143. The summed E-state index contributed by atoms with van der Waals surface area (Å²) in [5.41, 5.74) is 10.5. The van der Waals surface area contributed by atoms with Gasteiger partial charge in [-0.1, -0.05) is 13.8 Å². The topological polar surface area (TPSA) is 234 Å². The minimum Gasteiger partial charge on any atom is -0.480 e. The van der Waals surface area contributed by atoms with Crippen LogP contribution in [0.25, 0.3) is 0 Å².